The molecule has 3 rings (SSSR count). The number of ketones is 1. The minimum absolute atomic E-state index is 0.0126. The number of nitrogens with one attached hydrogen (secondary N) is 1. The molecule has 4 nitrogen and oxygen atoms in total. The highest BCUT2D eigenvalue weighted by Crippen LogP contribution is 2.37. The van der Waals surface area contributed by atoms with E-state index in [4.69, 9.17) is 16.3 Å². The van der Waals surface area contributed by atoms with Crippen LogP contribution in [0.4, 0.5) is 0 Å². The van der Waals surface area contributed by atoms with Crippen molar-refractivity contribution in [2.75, 3.05) is 6.61 Å². The molecule has 1 unspecified atom stereocenters. The van der Waals surface area contributed by atoms with E-state index in [1.54, 1.807) is 13.0 Å². The fourth-order valence-corrected chi connectivity index (χ4v) is 3.65. The number of hydrogen-bond donors (Lipinski definition) is 1. The zero-order valence-electron chi connectivity index (χ0n) is 14.3. The number of aromatic nitrogens is 1. The number of esters is 1. The van der Waals surface area contributed by atoms with Crippen molar-refractivity contribution in [3.63, 3.8) is 0 Å². The van der Waals surface area contributed by atoms with Gasteiger partial charge in [-0.15, -0.1) is 0 Å². The van der Waals surface area contributed by atoms with Crippen LogP contribution in [0.25, 0.3) is 0 Å². The van der Waals surface area contributed by atoms with Crippen molar-refractivity contribution < 1.29 is 14.3 Å². The van der Waals surface area contributed by atoms with Crippen LogP contribution in [0.15, 0.2) is 36.4 Å². The van der Waals surface area contributed by atoms with Gasteiger partial charge in [-0.2, -0.15) is 0 Å². The first-order valence-electron chi connectivity index (χ1n) is 8.30. The Morgan fingerprint density at radius 3 is 2.84 bits per heavy atom. The van der Waals surface area contributed by atoms with Gasteiger partial charge < -0.3 is 9.72 Å². The molecule has 5 heteroatoms. The molecule has 1 heterocycles. The lowest BCUT2D eigenvalue weighted by molar-refractivity contribution is 0.0542. The second-order valence-electron chi connectivity index (χ2n) is 6.20. The van der Waals surface area contributed by atoms with Crippen LogP contribution in [0, 0.1) is 6.92 Å². The summed E-state index contributed by atoms with van der Waals surface area (Å²) in [6.07, 6.45) is 4.61. The summed E-state index contributed by atoms with van der Waals surface area (Å²) in [4.78, 5) is 28.0. The number of ether oxygens (including phenoxy) is 1. The molecule has 1 aliphatic rings. The minimum atomic E-state index is -0.438. The highest BCUT2D eigenvalue weighted by atomic mass is 35.5. The fourth-order valence-electron chi connectivity index (χ4n) is 3.36. The van der Waals surface area contributed by atoms with Gasteiger partial charge in [0, 0.05) is 22.7 Å². The number of allylic oxidation sites excluding steroid dienone is 1. The highest BCUT2D eigenvalue weighted by Gasteiger charge is 2.32. The Kier molecular flexibility index (Phi) is 5.09. The van der Waals surface area contributed by atoms with E-state index >= 15 is 0 Å². The van der Waals surface area contributed by atoms with Gasteiger partial charge in [-0.05, 0) is 43.4 Å². The standard InChI is InChI=1S/C20H20ClNO3/c1-3-4-9-25-20(24)19-12(2)18-16(22-19)10-13(11-17(18)23)14-7-5-6-8-15(14)21/h3-8,13,22H,9-11H2,1-2H3. The van der Waals surface area contributed by atoms with Gasteiger partial charge in [-0.1, -0.05) is 42.0 Å². The Labute approximate surface area is 151 Å². The lowest BCUT2D eigenvalue weighted by Gasteiger charge is -2.22. The molecular formula is C20H20ClNO3. The molecule has 1 N–H and O–H groups in total. The average molecular weight is 358 g/mol. The molecule has 0 aliphatic heterocycles. The molecule has 0 radical (unpaired) electrons. The second-order valence-corrected chi connectivity index (χ2v) is 6.60. The van der Waals surface area contributed by atoms with Gasteiger partial charge in [0.05, 0.1) is 0 Å². The van der Waals surface area contributed by atoms with Crippen LogP contribution in [0.2, 0.25) is 5.02 Å². The first-order chi connectivity index (χ1) is 12.0. The van der Waals surface area contributed by atoms with E-state index in [0.717, 1.165) is 11.3 Å². The van der Waals surface area contributed by atoms with Crippen molar-refractivity contribution in [1.82, 2.24) is 4.98 Å². The third-order valence-corrected chi connectivity index (χ3v) is 4.93. The molecular weight excluding hydrogens is 338 g/mol. The molecule has 0 spiro atoms. The van der Waals surface area contributed by atoms with Crippen molar-refractivity contribution >= 4 is 23.4 Å². The summed E-state index contributed by atoms with van der Waals surface area (Å²) in [6.45, 7) is 3.86. The smallest absolute Gasteiger partial charge is 0.355 e. The van der Waals surface area contributed by atoms with E-state index < -0.39 is 5.97 Å². The third-order valence-electron chi connectivity index (χ3n) is 4.58. The summed E-state index contributed by atoms with van der Waals surface area (Å²) in [5.41, 5.74) is 3.41. The third kappa shape index (κ3) is 3.40. The maximum absolute atomic E-state index is 12.7. The summed E-state index contributed by atoms with van der Waals surface area (Å²) >= 11 is 6.29. The highest BCUT2D eigenvalue weighted by molar-refractivity contribution is 6.31. The Bertz CT molecular complexity index is 851. The SMILES string of the molecule is CC=CCOC(=O)c1[nH]c2c(c1C)C(=O)CC(c1ccccc1Cl)C2. The van der Waals surface area contributed by atoms with Crippen molar-refractivity contribution in [1.29, 1.82) is 0 Å². The van der Waals surface area contributed by atoms with E-state index in [0.29, 0.717) is 34.7 Å². The molecule has 0 amide bonds. The Morgan fingerprint density at radius 2 is 2.12 bits per heavy atom. The van der Waals surface area contributed by atoms with Crippen LogP contribution in [0.5, 0.6) is 0 Å². The number of hydrogen-bond acceptors (Lipinski definition) is 3. The summed E-state index contributed by atoms with van der Waals surface area (Å²) in [5, 5.41) is 0.665. The van der Waals surface area contributed by atoms with Crippen molar-refractivity contribution in [3.8, 4) is 0 Å². The lowest BCUT2D eigenvalue weighted by Crippen LogP contribution is -2.18. The number of benzene rings is 1. The van der Waals surface area contributed by atoms with Gasteiger partial charge in [0.2, 0.25) is 0 Å². The van der Waals surface area contributed by atoms with Gasteiger partial charge in [0.25, 0.3) is 0 Å². The summed E-state index contributed by atoms with van der Waals surface area (Å²) in [6, 6.07) is 7.58. The molecule has 130 valence electrons. The number of carbonyl (C=O) groups excluding carboxylic acids is 2. The summed E-state index contributed by atoms with van der Waals surface area (Å²) in [7, 11) is 0. The number of fused-ring (bicyclic) bond motifs is 1. The van der Waals surface area contributed by atoms with Crippen LogP contribution in [0.1, 0.15) is 56.9 Å². The van der Waals surface area contributed by atoms with Crippen molar-refractivity contribution in [3.05, 3.63) is 69.5 Å². The molecule has 1 atom stereocenters. The zero-order valence-corrected chi connectivity index (χ0v) is 15.0. The molecule has 1 aliphatic carbocycles. The average Bonchev–Trinajstić information content (AvgIpc) is 2.92. The molecule has 1 aromatic heterocycles. The number of halogens is 1. The molecule has 0 bridgehead atoms. The Balaban J connectivity index is 1.89. The van der Waals surface area contributed by atoms with E-state index in [2.05, 4.69) is 4.98 Å². The molecule has 0 saturated carbocycles. The number of rotatable bonds is 4. The van der Waals surface area contributed by atoms with Crippen LogP contribution >= 0.6 is 11.6 Å². The van der Waals surface area contributed by atoms with Gasteiger partial charge >= 0.3 is 5.97 Å². The number of H-pyrrole nitrogens is 1. The van der Waals surface area contributed by atoms with E-state index in [1.807, 2.05) is 37.3 Å². The van der Waals surface area contributed by atoms with Gasteiger partial charge in [-0.3, -0.25) is 4.79 Å². The van der Waals surface area contributed by atoms with E-state index in [9.17, 15) is 9.59 Å². The number of aromatic amines is 1. The zero-order chi connectivity index (χ0) is 18.0. The number of Topliss-reactive ketones (excluding diaryl/α,β-unsaturated/α-hetero) is 1. The Morgan fingerprint density at radius 1 is 1.36 bits per heavy atom. The normalized spacial score (nSPS) is 16.9. The molecule has 1 aromatic carbocycles. The number of carbonyl (C=O) groups is 2. The second kappa shape index (κ2) is 7.28. The van der Waals surface area contributed by atoms with Crippen molar-refractivity contribution in [2.24, 2.45) is 0 Å². The molecule has 25 heavy (non-hydrogen) atoms. The predicted molar refractivity (Wildman–Crippen MR) is 97.5 cm³/mol. The summed E-state index contributed by atoms with van der Waals surface area (Å²) < 4.78 is 5.20. The van der Waals surface area contributed by atoms with E-state index in [-0.39, 0.29) is 18.3 Å². The molecule has 0 saturated heterocycles. The van der Waals surface area contributed by atoms with E-state index in [1.165, 1.54) is 0 Å². The quantitative estimate of drug-likeness (QED) is 0.641. The van der Waals surface area contributed by atoms with Crippen LogP contribution in [-0.2, 0) is 11.2 Å². The molecule has 0 fully saturated rings. The maximum Gasteiger partial charge on any atom is 0.355 e. The van der Waals surface area contributed by atoms with Crippen LogP contribution in [-0.4, -0.2) is 23.3 Å². The van der Waals surface area contributed by atoms with Crippen molar-refractivity contribution in [2.45, 2.75) is 32.6 Å². The first-order valence-corrected chi connectivity index (χ1v) is 8.68. The minimum Gasteiger partial charge on any atom is -0.457 e. The largest absolute Gasteiger partial charge is 0.457 e. The lowest BCUT2D eigenvalue weighted by atomic mass is 9.81. The van der Waals surface area contributed by atoms with Crippen LogP contribution < -0.4 is 0 Å². The van der Waals surface area contributed by atoms with Gasteiger partial charge in [0.15, 0.2) is 5.78 Å². The summed E-state index contributed by atoms with van der Waals surface area (Å²) in [5.74, 6) is -0.391. The molecule has 2 aromatic rings. The maximum atomic E-state index is 12.7. The van der Waals surface area contributed by atoms with Gasteiger partial charge in [-0.25, -0.2) is 4.79 Å². The van der Waals surface area contributed by atoms with Crippen LogP contribution in [0.3, 0.4) is 0 Å². The monoisotopic (exact) mass is 357 g/mol. The topological polar surface area (TPSA) is 59.2 Å². The predicted octanol–water partition coefficient (Wildman–Crippen LogP) is 4.62. The first kappa shape index (κ1) is 17.5. The fraction of sp³-hybridized carbons (Fsp3) is 0.300. The Hall–Kier alpha value is -2.33. The van der Waals surface area contributed by atoms with Gasteiger partial charge in [0.1, 0.15) is 12.3 Å².